The summed E-state index contributed by atoms with van der Waals surface area (Å²) in [6.45, 7) is 0.420. The van der Waals surface area contributed by atoms with Crippen LogP contribution in [0.25, 0.3) is 0 Å². The van der Waals surface area contributed by atoms with Gasteiger partial charge in [-0.1, -0.05) is 30.3 Å². The van der Waals surface area contributed by atoms with Gasteiger partial charge in [-0.25, -0.2) is 0 Å². The Morgan fingerprint density at radius 2 is 1.70 bits per heavy atom. The molecule has 0 spiro atoms. The van der Waals surface area contributed by atoms with Gasteiger partial charge in [0.05, 0.1) is 0 Å². The van der Waals surface area contributed by atoms with E-state index >= 15 is 0 Å². The number of rotatable bonds is 5. The predicted octanol–water partition coefficient (Wildman–Crippen LogP) is 3.47. The van der Waals surface area contributed by atoms with Crippen LogP contribution >= 0.6 is 0 Å². The molecule has 1 amide bonds. The van der Waals surface area contributed by atoms with Crippen LogP contribution in [0.5, 0.6) is 5.75 Å². The van der Waals surface area contributed by atoms with Crippen LogP contribution in [0.1, 0.15) is 5.56 Å². The van der Waals surface area contributed by atoms with E-state index in [0.29, 0.717) is 18.0 Å². The molecule has 0 fully saturated rings. The van der Waals surface area contributed by atoms with Crippen molar-refractivity contribution in [3.05, 3.63) is 60.2 Å². The van der Waals surface area contributed by atoms with Gasteiger partial charge < -0.3 is 10.1 Å². The molecule has 2 aromatic carbocycles. The smallest absolute Gasteiger partial charge is 0.315 e. The van der Waals surface area contributed by atoms with Crippen molar-refractivity contribution in [3.8, 4) is 5.75 Å². The highest BCUT2D eigenvalue weighted by Gasteiger charge is 2.14. The van der Waals surface area contributed by atoms with E-state index in [1.165, 1.54) is 12.1 Å². The van der Waals surface area contributed by atoms with Crippen LogP contribution in [0.3, 0.4) is 0 Å². The van der Waals surface area contributed by atoms with Crippen LogP contribution in [0, 0.1) is 0 Å². The molecule has 0 aromatic heterocycles. The maximum Gasteiger partial charge on any atom is 0.315 e. The van der Waals surface area contributed by atoms with Gasteiger partial charge in [0, 0.05) is 5.69 Å². The first-order valence-corrected chi connectivity index (χ1v) is 6.01. The highest BCUT2D eigenvalue weighted by Crippen LogP contribution is 2.17. The van der Waals surface area contributed by atoms with Gasteiger partial charge >= 0.3 is 6.43 Å². The van der Waals surface area contributed by atoms with E-state index in [0.717, 1.165) is 5.56 Å². The van der Waals surface area contributed by atoms with Crippen molar-refractivity contribution in [3.63, 3.8) is 0 Å². The molecule has 0 aliphatic carbocycles. The normalized spacial score (nSPS) is 10.3. The Bertz CT molecular complexity index is 556. The van der Waals surface area contributed by atoms with E-state index in [-0.39, 0.29) is 0 Å². The summed E-state index contributed by atoms with van der Waals surface area (Å²) in [5, 5.41) is 2.10. The van der Waals surface area contributed by atoms with Gasteiger partial charge in [0.2, 0.25) is 0 Å². The average molecular weight is 277 g/mol. The second-order valence-corrected chi connectivity index (χ2v) is 4.09. The number of alkyl halides is 2. The number of hydrogen-bond donors (Lipinski definition) is 1. The van der Waals surface area contributed by atoms with Crippen LogP contribution in [0.4, 0.5) is 14.5 Å². The Morgan fingerprint density at radius 1 is 1.05 bits per heavy atom. The summed E-state index contributed by atoms with van der Waals surface area (Å²) < 4.78 is 29.7. The van der Waals surface area contributed by atoms with Crippen LogP contribution in [-0.4, -0.2) is 12.3 Å². The minimum absolute atomic E-state index is 0.308. The molecule has 3 nitrogen and oxygen atoms in total. The summed E-state index contributed by atoms with van der Waals surface area (Å²) in [6, 6.07) is 15.9. The van der Waals surface area contributed by atoms with Gasteiger partial charge in [-0.2, -0.15) is 8.78 Å². The van der Waals surface area contributed by atoms with Crippen molar-refractivity contribution in [1.29, 1.82) is 0 Å². The lowest BCUT2D eigenvalue weighted by Gasteiger charge is -2.08. The lowest BCUT2D eigenvalue weighted by Crippen LogP contribution is -2.19. The van der Waals surface area contributed by atoms with E-state index < -0.39 is 12.3 Å². The number of nitrogens with one attached hydrogen (secondary N) is 1. The van der Waals surface area contributed by atoms with Crippen molar-refractivity contribution in [1.82, 2.24) is 0 Å². The van der Waals surface area contributed by atoms with E-state index in [4.69, 9.17) is 4.74 Å². The molecule has 0 atom stereocenters. The zero-order chi connectivity index (χ0) is 14.4. The quantitative estimate of drug-likeness (QED) is 0.908. The average Bonchev–Trinajstić information content (AvgIpc) is 2.47. The first-order chi connectivity index (χ1) is 9.65. The minimum Gasteiger partial charge on any atom is -0.489 e. The molecule has 5 heteroatoms. The van der Waals surface area contributed by atoms with E-state index in [1.54, 1.807) is 12.1 Å². The Kier molecular flexibility index (Phi) is 4.65. The predicted molar refractivity (Wildman–Crippen MR) is 71.8 cm³/mol. The number of hydrogen-bond acceptors (Lipinski definition) is 2. The van der Waals surface area contributed by atoms with Crippen LogP contribution in [0.2, 0.25) is 0 Å². The largest absolute Gasteiger partial charge is 0.489 e. The molecular weight excluding hydrogens is 264 g/mol. The van der Waals surface area contributed by atoms with Crippen molar-refractivity contribution >= 4 is 11.6 Å². The molecular formula is C15H13F2NO2. The van der Waals surface area contributed by atoms with Crippen molar-refractivity contribution in [2.75, 3.05) is 5.32 Å². The molecule has 0 heterocycles. The first-order valence-electron chi connectivity index (χ1n) is 6.01. The maximum absolute atomic E-state index is 12.1. The van der Waals surface area contributed by atoms with E-state index in [2.05, 4.69) is 5.32 Å². The SMILES string of the molecule is O=C(Nc1ccc(OCc2ccccc2)cc1)C(F)F. The zero-order valence-corrected chi connectivity index (χ0v) is 10.6. The summed E-state index contributed by atoms with van der Waals surface area (Å²) in [5.41, 5.74) is 1.34. The first kappa shape index (κ1) is 14.0. The number of amides is 1. The van der Waals surface area contributed by atoms with Gasteiger partial charge in [-0.05, 0) is 29.8 Å². The lowest BCUT2D eigenvalue weighted by molar-refractivity contribution is -0.126. The van der Waals surface area contributed by atoms with Crippen LogP contribution in [-0.2, 0) is 11.4 Å². The van der Waals surface area contributed by atoms with Gasteiger partial charge in [0.15, 0.2) is 0 Å². The topological polar surface area (TPSA) is 38.3 Å². The summed E-state index contributed by atoms with van der Waals surface area (Å²) in [7, 11) is 0. The summed E-state index contributed by atoms with van der Waals surface area (Å²) in [4.78, 5) is 10.8. The molecule has 20 heavy (non-hydrogen) atoms. The van der Waals surface area contributed by atoms with Crippen molar-refractivity contribution < 1.29 is 18.3 Å². The zero-order valence-electron chi connectivity index (χ0n) is 10.6. The third-order valence-corrected chi connectivity index (χ3v) is 2.57. The molecule has 0 unspecified atom stereocenters. The molecule has 0 radical (unpaired) electrons. The summed E-state index contributed by atoms with van der Waals surface area (Å²) in [5.74, 6) is -0.716. The highest BCUT2D eigenvalue weighted by molar-refractivity contribution is 5.93. The van der Waals surface area contributed by atoms with Gasteiger partial charge in [-0.3, -0.25) is 4.79 Å². The fraction of sp³-hybridized carbons (Fsp3) is 0.133. The Morgan fingerprint density at radius 3 is 2.30 bits per heavy atom. The molecule has 0 saturated carbocycles. The molecule has 2 rings (SSSR count). The molecule has 104 valence electrons. The summed E-state index contributed by atoms with van der Waals surface area (Å²) >= 11 is 0. The van der Waals surface area contributed by atoms with Gasteiger partial charge in [0.25, 0.3) is 5.91 Å². The monoisotopic (exact) mass is 277 g/mol. The number of halogens is 2. The number of carbonyl (C=O) groups is 1. The third-order valence-electron chi connectivity index (χ3n) is 2.57. The Balaban J connectivity index is 1.90. The molecule has 0 saturated heterocycles. The molecule has 2 aromatic rings. The van der Waals surface area contributed by atoms with Crippen LogP contribution < -0.4 is 10.1 Å². The number of carbonyl (C=O) groups excluding carboxylic acids is 1. The minimum atomic E-state index is -3.02. The fourth-order valence-corrected chi connectivity index (χ4v) is 1.57. The van der Waals surface area contributed by atoms with E-state index in [1.807, 2.05) is 30.3 Å². The number of benzene rings is 2. The number of ether oxygens (including phenoxy) is 1. The van der Waals surface area contributed by atoms with Gasteiger partial charge in [-0.15, -0.1) is 0 Å². The third kappa shape index (κ3) is 4.05. The standard InChI is InChI=1S/C15H13F2NO2/c16-14(17)15(19)18-12-6-8-13(9-7-12)20-10-11-4-2-1-3-5-11/h1-9,14H,10H2,(H,18,19). The second kappa shape index (κ2) is 6.65. The fourth-order valence-electron chi connectivity index (χ4n) is 1.57. The molecule has 0 aliphatic heterocycles. The summed E-state index contributed by atoms with van der Waals surface area (Å²) in [6.07, 6.45) is -3.02. The highest BCUT2D eigenvalue weighted by atomic mass is 19.3. The van der Waals surface area contributed by atoms with Crippen LogP contribution in [0.15, 0.2) is 54.6 Å². The molecule has 0 bridgehead atoms. The molecule has 0 aliphatic rings. The molecule has 1 N–H and O–H groups in total. The Labute approximate surface area is 115 Å². The number of anilines is 1. The van der Waals surface area contributed by atoms with Gasteiger partial charge in [0.1, 0.15) is 12.4 Å². The second-order valence-electron chi connectivity index (χ2n) is 4.09. The lowest BCUT2D eigenvalue weighted by atomic mass is 10.2. The van der Waals surface area contributed by atoms with E-state index in [9.17, 15) is 13.6 Å². The Hall–Kier alpha value is -2.43. The maximum atomic E-state index is 12.1. The van der Waals surface area contributed by atoms with Crippen molar-refractivity contribution in [2.24, 2.45) is 0 Å². The van der Waals surface area contributed by atoms with Crippen molar-refractivity contribution in [2.45, 2.75) is 13.0 Å².